The van der Waals surface area contributed by atoms with Crippen molar-refractivity contribution >= 4 is 23.0 Å². The molecule has 1 aliphatic rings. The van der Waals surface area contributed by atoms with Crippen molar-refractivity contribution in [1.82, 2.24) is 4.90 Å². The molecule has 7 heteroatoms. The van der Waals surface area contributed by atoms with Gasteiger partial charge in [0.1, 0.15) is 0 Å². The van der Waals surface area contributed by atoms with Crippen LogP contribution in [0.15, 0.2) is 42.5 Å². The Hall–Kier alpha value is -2.93. The monoisotopic (exact) mass is 396 g/mol. The number of rotatable bonds is 6. The number of likely N-dealkylation sites (tertiary alicyclic amines) is 1. The van der Waals surface area contributed by atoms with Gasteiger partial charge in [-0.2, -0.15) is 0 Å². The molecule has 1 aliphatic heterocycles. The van der Waals surface area contributed by atoms with Gasteiger partial charge in [-0.25, -0.2) is 0 Å². The summed E-state index contributed by atoms with van der Waals surface area (Å²) in [6.07, 6.45) is 3.79. The van der Waals surface area contributed by atoms with Crippen molar-refractivity contribution in [1.29, 1.82) is 0 Å². The van der Waals surface area contributed by atoms with Crippen LogP contribution in [0, 0.1) is 10.1 Å². The smallest absolute Gasteiger partial charge is 0.270 e. The lowest BCUT2D eigenvalue weighted by Gasteiger charge is -2.33. The summed E-state index contributed by atoms with van der Waals surface area (Å²) in [6, 6.07) is 12.7. The first-order chi connectivity index (χ1) is 13.8. The Morgan fingerprint density at radius 3 is 2.55 bits per heavy atom. The van der Waals surface area contributed by atoms with Crippen molar-refractivity contribution in [2.24, 2.45) is 0 Å². The van der Waals surface area contributed by atoms with E-state index in [0.29, 0.717) is 17.4 Å². The molecule has 29 heavy (non-hydrogen) atoms. The Morgan fingerprint density at radius 2 is 1.93 bits per heavy atom. The number of amides is 1. The summed E-state index contributed by atoms with van der Waals surface area (Å²) in [6.45, 7) is 4.31. The number of piperidine rings is 1. The molecule has 7 nitrogen and oxygen atoms in total. The van der Waals surface area contributed by atoms with Crippen molar-refractivity contribution in [2.45, 2.75) is 38.8 Å². The van der Waals surface area contributed by atoms with Crippen LogP contribution in [0.2, 0.25) is 0 Å². The SMILES string of the molecule is CC1CCCCN1Cc1ccc(NC(=O)c2cc([N+](=O)[O-])ccc2N(C)C)cc1. The van der Waals surface area contributed by atoms with Gasteiger partial charge < -0.3 is 10.2 Å². The molecule has 0 aromatic heterocycles. The van der Waals surface area contributed by atoms with Gasteiger partial charge in [0, 0.05) is 50.2 Å². The summed E-state index contributed by atoms with van der Waals surface area (Å²) in [5.41, 5.74) is 2.67. The van der Waals surface area contributed by atoms with Gasteiger partial charge in [-0.1, -0.05) is 18.6 Å². The zero-order chi connectivity index (χ0) is 21.0. The molecule has 1 saturated heterocycles. The fraction of sp³-hybridized carbons (Fsp3) is 0.409. The van der Waals surface area contributed by atoms with Crippen LogP contribution in [0.25, 0.3) is 0 Å². The van der Waals surface area contributed by atoms with E-state index in [-0.39, 0.29) is 17.2 Å². The lowest BCUT2D eigenvalue weighted by molar-refractivity contribution is -0.384. The van der Waals surface area contributed by atoms with Crippen molar-refractivity contribution in [3.05, 3.63) is 63.7 Å². The second-order valence-corrected chi connectivity index (χ2v) is 7.82. The van der Waals surface area contributed by atoms with Crippen molar-refractivity contribution in [3.63, 3.8) is 0 Å². The van der Waals surface area contributed by atoms with Gasteiger partial charge in [0.15, 0.2) is 0 Å². The molecule has 0 radical (unpaired) electrons. The van der Waals surface area contributed by atoms with Gasteiger partial charge in [0.25, 0.3) is 11.6 Å². The standard InChI is InChI=1S/C22H28N4O3/c1-16-6-4-5-13-25(16)15-17-7-9-18(10-8-17)23-22(27)20-14-19(26(28)29)11-12-21(20)24(2)3/h7-12,14,16H,4-6,13,15H2,1-3H3,(H,23,27). The Kier molecular flexibility index (Phi) is 6.49. The summed E-state index contributed by atoms with van der Waals surface area (Å²) in [7, 11) is 3.60. The number of nitro benzene ring substituents is 1. The van der Waals surface area contributed by atoms with E-state index in [4.69, 9.17) is 0 Å². The normalized spacial score (nSPS) is 17.0. The fourth-order valence-electron chi connectivity index (χ4n) is 3.73. The van der Waals surface area contributed by atoms with E-state index in [1.807, 2.05) is 24.3 Å². The Bertz CT molecular complexity index is 880. The zero-order valence-corrected chi connectivity index (χ0v) is 17.2. The average Bonchev–Trinajstić information content (AvgIpc) is 2.70. The van der Waals surface area contributed by atoms with Crippen molar-refractivity contribution < 1.29 is 9.72 Å². The highest BCUT2D eigenvalue weighted by Crippen LogP contribution is 2.26. The lowest BCUT2D eigenvalue weighted by atomic mass is 10.0. The first-order valence-corrected chi connectivity index (χ1v) is 9.95. The van der Waals surface area contributed by atoms with E-state index in [0.717, 1.165) is 13.1 Å². The minimum atomic E-state index is -0.493. The van der Waals surface area contributed by atoms with Crippen molar-refractivity contribution in [2.75, 3.05) is 30.9 Å². The number of hydrogen-bond acceptors (Lipinski definition) is 5. The first-order valence-electron chi connectivity index (χ1n) is 9.95. The molecule has 1 amide bonds. The summed E-state index contributed by atoms with van der Waals surface area (Å²) in [4.78, 5) is 27.6. The van der Waals surface area contributed by atoms with E-state index in [9.17, 15) is 14.9 Å². The van der Waals surface area contributed by atoms with Gasteiger partial charge in [-0.3, -0.25) is 19.8 Å². The Morgan fingerprint density at radius 1 is 1.21 bits per heavy atom. The van der Waals surface area contributed by atoms with Gasteiger partial charge >= 0.3 is 0 Å². The number of nitrogens with one attached hydrogen (secondary N) is 1. The zero-order valence-electron chi connectivity index (χ0n) is 17.2. The number of carbonyl (C=O) groups excluding carboxylic acids is 1. The molecule has 1 atom stereocenters. The number of anilines is 2. The average molecular weight is 396 g/mol. The molecular formula is C22H28N4O3. The van der Waals surface area contributed by atoms with Crippen LogP contribution >= 0.6 is 0 Å². The topological polar surface area (TPSA) is 78.7 Å². The predicted molar refractivity (Wildman–Crippen MR) is 116 cm³/mol. The Labute approximate surface area is 171 Å². The second-order valence-electron chi connectivity index (χ2n) is 7.82. The van der Waals surface area contributed by atoms with Gasteiger partial charge in [-0.15, -0.1) is 0 Å². The molecule has 3 rings (SSSR count). The van der Waals surface area contributed by atoms with E-state index in [1.54, 1.807) is 25.1 Å². The predicted octanol–water partition coefficient (Wildman–Crippen LogP) is 4.29. The number of non-ortho nitro benzene ring substituents is 1. The van der Waals surface area contributed by atoms with Gasteiger partial charge in [0.2, 0.25) is 0 Å². The molecule has 1 heterocycles. The number of hydrogen-bond donors (Lipinski definition) is 1. The quantitative estimate of drug-likeness (QED) is 0.582. The van der Waals surface area contributed by atoms with Crippen LogP contribution in [0.4, 0.5) is 17.1 Å². The Balaban J connectivity index is 1.72. The summed E-state index contributed by atoms with van der Waals surface area (Å²) in [5, 5.41) is 14.0. The van der Waals surface area contributed by atoms with E-state index in [2.05, 4.69) is 17.1 Å². The van der Waals surface area contributed by atoms with E-state index >= 15 is 0 Å². The number of carbonyl (C=O) groups is 1. The third kappa shape index (κ3) is 5.12. The molecule has 0 aliphatic carbocycles. The molecule has 2 aromatic carbocycles. The molecule has 0 saturated carbocycles. The van der Waals surface area contributed by atoms with Crippen molar-refractivity contribution in [3.8, 4) is 0 Å². The van der Waals surface area contributed by atoms with Gasteiger partial charge in [-0.05, 0) is 50.1 Å². The molecule has 1 N–H and O–H groups in total. The van der Waals surface area contributed by atoms with Gasteiger partial charge in [0.05, 0.1) is 10.5 Å². The third-order valence-corrected chi connectivity index (χ3v) is 5.46. The van der Waals surface area contributed by atoms with Crippen LogP contribution in [0.3, 0.4) is 0 Å². The van der Waals surface area contributed by atoms with E-state index < -0.39 is 4.92 Å². The van der Waals surface area contributed by atoms with Crippen LogP contribution < -0.4 is 10.2 Å². The highest BCUT2D eigenvalue weighted by Gasteiger charge is 2.19. The summed E-state index contributed by atoms with van der Waals surface area (Å²) in [5.74, 6) is -0.366. The molecule has 0 bridgehead atoms. The first kappa shape index (κ1) is 20.8. The molecule has 0 spiro atoms. The molecule has 1 fully saturated rings. The van der Waals surface area contributed by atoms with Crippen LogP contribution in [-0.4, -0.2) is 42.4 Å². The maximum absolute atomic E-state index is 12.8. The second kappa shape index (κ2) is 9.05. The molecule has 154 valence electrons. The summed E-state index contributed by atoms with van der Waals surface area (Å²) >= 11 is 0. The fourth-order valence-corrected chi connectivity index (χ4v) is 3.73. The molecule has 2 aromatic rings. The number of benzene rings is 2. The van der Waals surface area contributed by atoms with Crippen LogP contribution in [0.1, 0.15) is 42.1 Å². The lowest BCUT2D eigenvalue weighted by Crippen LogP contribution is -2.36. The maximum atomic E-state index is 12.8. The maximum Gasteiger partial charge on any atom is 0.270 e. The minimum Gasteiger partial charge on any atom is -0.377 e. The van der Waals surface area contributed by atoms with E-state index in [1.165, 1.54) is 37.0 Å². The molecule has 1 unspecified atom stereocenters. The highest BCUT2D eigenvalue weighted by molar-refractivity contribution is 6.08. The van der Waals surface area contributed by atoms with Crippen LogP contribution in [-0.2, 0) is 6.54 Å². The molecular weight excluding hydrogens is 368 g/mol. The van der Waals surface area contributed by atoms with Crippen LogP contribution in [0.5, 0.6) is 0 Å². The number of nitrogens with zero attached hydrogens (tertiary/aromatic N) is 3. The number of nitro groups is 1. The minimum absolute atomic E-state index is 0.105. The highest BCUT2D eigenvalue weighted by atomic mass is 16.6. The third-order valence-electron chi connectivity index (χ3n) is 5.46. The summed E-state index contributed by atoms with van der Waals surface area (Å²) < 4.78 is 0. The largest absolute Gasteiger partial charge is 0.377 e.